The molecule has 0 saturated carbocycles. The van der Waals surface area contributed by atoms with Crippen molar-refractivity contribution in [1.29, 1.82) is 0 Å². The molecule has 1 spiro atoms. The van der Waals surface area contributed by atoms with Gasteiger partial charge >= 0.3 is 0 Å². The number of unbranched alkanes of at least 4 members (excludes halogenated alkanes) is 3. The molecule has 0 radical (unpaired) electrons. The molecule has 30 heavy (non-hydrogen) atoms. The molecular weight excluding hydrogens is 376 g/mol. The predicted molar refractivity (Wildman–Crippen MR) is 117 cm³/mol. The highest BCUT2D eigenvalue weighted by Crippen LogP contribution is 2.48. The molecule has 2 aliphatic carbocycles. The van der Waals surface area contributed by atoms with Crippen LogP contribution in [0.1, 0.15) is 51.9 Å². The summed E-state index contributed by atoms with van der Waals surface area (Å²) in [6.45, 7) is 2.89. The standard InChI is InChI=1S/C26H28O4/c1-2-3-4-5-17-28-21-12-8-11-19-25(21)20(27)15-16-26(19)29-22-13-6-9-18-10-7-14-23(30-26)24(18)22/h6-7,9-10,13-16,21H,2-5,8,11-12,17H2,1H3. The Balaban J connectivity index is 1.48. The van der Waals surface area contributed by atoms with Gasteiger partial charge in [0.2, 0.25) is 0 Å². The van der Waals surface area contributed by atoms with Gasteiger partial charge < -0.3 is 14.2 Å². The summed E-state index contributed by atoms with van der Waals surface area (Å²) >= 11 is 0. The number of hydrogen-bond donors (Lipinski definition) is 0. The smallest absolute Gasteiger partial charge is 0.295 e. The molecule has 4 heteroatoms. The van der Waals surface area contributed by atoms with Crippen molar-refractivity contribution in [2.75, 3.05) is 6.61 Å². The van der Waals surface area contributed by atoms with Gasteiger partial charge in [-0.2, -0.15) is 0 Å². The van der Waals surface area contributed by atoms with E-state index in [1.165, 1.54) is 19.3 Å². The summed E-state index contributed by atoms with van der Waals surface area (Å²) in [6.07, 6.45) is 10.4. The van der Waals surface area contributed by atoms with Gasteiger partial charge in [0.05, 0.1) is 11.5 Å². The molecule has 0 aromatic heterocycles. The van der Waals surface area contributed by atoms with Crippen molar-refractivity contribution in [3.8, 4) is 11.5 Å². The van der Waals surface area contributed by atoms with Crippen LogP contribution in [-0.4, -0.2) is 24.3 Å². The van der Waals surface area contributed by atoms with Gasteiger partial charge in [-0.15, -0.1) is 0 Å². The molecule has 0 amide bonds. The van der Waals surface area contributed by atoms with E-state index in [1.807, 2.05) is 24.3 Å². The minimum atomic E-state index is -1.06. The van der Waals surface area contributed by atoms with Gasteiger partial charge in [0.25, 0.3) is 5.79 Å². The number of fused-ring (bicyclic) bond motifs is 1. The molecule has 0 saturated heterocycles. The summed E-state index contributed by atoms with van der Waals surface area (Å²) < 4.78 is 19.2. The summed E-state index contributed by atoms with van der Waals surface area (Å²) in [5, 5.41) is 2.07. The fourth-order valence-electron chi connectivity index (χ4n) is 4.89. The van der Waals surface area contributed by atoms with Crippen molar-refractivity contribution >= 4 is 16.6 Å². The lowest BCUT2D eigenvalue weighted by molar-refractivity contribution is -0.115. The Morgan fingerprint density at radius 3 is 2.57 bits per heavy atom. The highest BCUT2D eigenvalue weighted by molar-refractivity contribution is 6.07. The van der Waals surface area contributed by atoms with E-state index in [1.54, 1.807) is 12.2 Å². The Hall–Kier alpha value is -2.59. The van der Waals surface area contributed by atoms with E-state index in [9.17, 15) is 4.79 Å². The van der Waals surface area contributed by atoms with E-state index in [0.29, 0.717) is 6.61 Å². The summed E-state index contributed by atoms with van der Waals surface area (Å²) in [6, 6.07) is 12.1. The molecule has 1 atom stereocenters. The van der Waals surface area contributed by atoms with Crippen molar-refractivity contribution in [1.82, 2.24) is 0 Å². The molecule has 4 nitrogen and oxygen atoms in total. The lowest BCUT2D eigenvalue weighted by Gasteiger charge is -2.43. The van der Waals surface area contributed by atoms with Crippen LogP contribution in [0.15, 0.2) is 59.7 Å². The number of rotatable bonds is 6. The highest BCUT2D eigenvalue weighted by Gasteiger charge is 2.48. The Morgan fingerprint density at radius 2 is 1.83 bits per heavy atom. The lowest BCUT2D eigenvalue weighted by Crippen LogP contribution is -2.49. The second-order valence-electron chi connectivity index (χ2n) is 8.38. The van der Waals surface area contributed by atoms with Crippen LogP contribution in [0, 0.1) is 0 Å². The van der Waals surface area contributed by atoms with Gasteiger partial charge in [-0.3, -0.25) is 4.79 Å². The summed E-state index contributed by atoms with van der Waals surface area (Å²) in [7, 11) is 0. The first kappa shape index (κ1) is 19.4. The summed E-state index contributed by atoms with van der Waals surface area (Å²) in [5.74, 6) is 0.555. The Bertz CT molecular complexity index is 992. The van der Waals surface area contributed by atoms with Gasteiger partial charge in [0.1, 0.15) is 11.5 Å². The minimum Gasteiger partial charge on any atom is -0.444 e. The molecule has 0 fully saturated rings. The molecule has 1 aliphatic heterocycles. The number of carbonyl (C=O) groups excluding carboxylic acids is 1. The van der Waals surface area contributed by atoms with E-state index >= 15 is 0 Å². The Morgan fingerprint density at radius 1 is 1.07 bits per heavy atom. The highest BCUT2D eigenvalue weighted by atomic mass is 16.7. The molecule has 5 rings (SSSR count). The Kier molecular flexibility index (Phi) is 5.11. The molecule has 2 aromatic carbocycles. The maximum Gasteiger partial charge on any atom is 0.295 e. The quantitative estimate of drug-likeness (QED) is 0.563. The van der Waals surface area contributed by atoms with Gasteiger partial charge in [0, 0.05) is 23.8 Å². The maximum absolute atomic E-state index is 12.9. The molecule has 0 bridgehead atoms. The van der Waals surface area contributed by atoms with Crippen LogP contribution in [0.25, 0.3) is 10.8 Å². The zero-order valence-electron chi connectivity index (χ0n) is 17.5. The van der Waals surface area contributed by atoms with Crippen molar-refractivity contribution in [2.24, 2.45) is 0 Å². The van der Waals surface area contributed by atoms with Crippen molar-refractivity contribution < 1.29 is 19.0 Å². The van der Waals surface area contributed by atoms with Crippen LogP contribution in [0.2, 0.25) is 0 Å². The zero-order chi connectivity index (χ0) is 20.6. The zero-order valence-corrected chi connectivity index (χ0v) is 17.5. The van der Waals surface area contributed by atoms with Crippen molar-refractivity contribution in [2.45, 2.75) is 63.8 Å². The van der Waals surface area contributed by atoms with Crippen LogP contribution in [0.3, 0.4) is 0 Å². The topological polar surface area (TPSA) is 44.8 Å². The predicted octanol–water partition coefficient (Wildman–Crippen LogP) is 5.89. The first-order chi connectivity index (χ1) is 14.7. The number of benzene rings is 2. The van der Waals surface area contributed by atoms with Crippen LogP contribution in [0.5, 0.6) is 11.5 Å². The third kappa shape index (κ3) is 3.24. The minimum absolute atomic E-state index is 0.0261. The number of allylic oxidation sites excluding steroid dienone is 1. The average molecular weight is 405 g/mol. The second kappa shape index (κ2) is 7.92. The van der Waals surface area contributed by atoms with E-state index < -0.39 is 5.79 Å². The largest absolute Gasteiger partial charge is 0.444 e. The first-order valence-electron chi connectivity index (χ1n) is 11.2. The second-order valence-corrected chi connectivity index (χ2v) is 8.38. The van der Waals surface area contributed by atoms with Crippen LogP contribution >= 0.6 is 0 Å². The Labute approximate surface area is 177 Å². The fraction of sp³-hybridized carbons (Fsp3) is 0.423. The third-order valence-electron chi connectivity index (χ3n) is 6.35. The number of hydrogen-bond acceptors (Lipinski definition) is 4. The maximum atomic E-state index is 12.9. The monoisotopic (exact) mass is 404 g/mol. The van der Waals surface area contributed by atoms with E-state index in [2.05, 4.69) is 19.1 Å². The first-order valence-corrected chi connectivity index (χ1v) is 11.2. The van der Waals surface area contributed by atoms with Gasteiger partial charge in [-0.25, -0.2) is 0 Å². The van der Waals surface area contributed by atoms with Crippen molar-refractivity contribution in [3.05, 3.63) is 59.7 Å². The fourth-order valence-corrected chi connectivity index (χ4v) is 4.89. The lowest BCUT2D eigenvalue weighted by atomic mass is 9.79. The number of ketones is 1. The molecule has 1 unspecified atom stereocenters. The van der Waals surface area contributed by atoms with E-state index in [0.717, 1.165) is 59.1 Å². The normalized spacial score (nSPS) is 21.5. The van der Waals surface area contributed by atoms with Crippen LogP contribution < -0.4 is 9.47 Å². The molecule has 1 heterocycles. The molecule has 3 aliphatic rings. The molecular formula is C26H28O4. The van der Waals surface area contributed by atoms with Crippen LogP contribution in [-0.2, 0) is 9.53 Å². The van der Waals surface area contributed by atoms with E-state index in [-0.39, 0.29) is 11.9 Å². The van der Waals surface area contributed by atoms with Crippen molar-refractivity contribution in [3.63, 3.8) is 0 Å². The average Bonchev–Trinajstić information content (AvgIpc) is 2.77. The van der Waals surface area contributed by atoms with Gasteiger partial charge in [0.15, 0.2) is 5.78 Å². The van der Waals surface area contributed by atoms with Gasteiger partial charge in [-0.1, -0.05) is 50.5 Å². The molecule has 0 N–H and O–H groups in total. The summed E-state index contributed by atoms with van der Waals surface area (Å²) in [4.78, 5) is 12.9. The van der Waals surface area contributed by atoms with Gasteiger partial charge in [-0.05, 0) is 49.3 Å². The van der Waals surface area contributed by atoms with E-state index in [4.69, 9.17) is 14.2 Å². The molecule has 156 valence electrons. The van der Waals surface area contributed by atoms with Crippen LogP contribution in [0.4, 0.5) is 0 Å². The number of carbonyl (C=O) groups is 1. The summed E-state index contributed by atoms with van der Waals surface area (Å²) in [5.41, 5.74) is 1.66. The SMILES string of the molecule is CCCCCCOC1CCCC2=C1C(=O)C=CC21Oc2cccc3cccc(c23)O1. The number of ether oxygens (including phenoxy) is 3. The third-order valence-corrected chi connectivity index (χ3v) is 6.35. The molecule has 2 aromatic rings.